The predicted molar refractivity (Wildman–Crippen MR) is 134 cm³/mol. The van der Waals surface area contributed by atoms with E-state index in [1.807, 2.05) is 41.3 Å². The highest BCUT2D eigenvalue weighted by molar-refractivity contribution is 5.94. The molecule has 34 heavy (non-hydrogen) atoms. The molecule has 0 radical (unpaired) electrons. The first-order chi connectivity index (χ1) is 16.5. The number of methoxy groups -OCH3 is 1. The molecule has 1 fully saturated rings. The van der Waals surface area contributed by atoms with Crippen molar-refractivity contribution in [2.24, 2.45) is 0 Å². The van der Waals surface area contributed by atoms with Crippen LogP contribution in [-0.4, -0.2) is 55.4 Å². The zero-order chi connectivity index (χ0) is 24.1. The van der Waals surface area contributed by atoms with E-state index in [0.29, 0.717) is 18.7 Å². The Morgan fingerprint density at radius 3 is 2.56 bits per heavy atom. The third-order valence-electron chi connectivity index (χ3n) is 6.38. The van der Waals surface area contributed by atoms with Crippen molar-refractivity contribution in [1.29, 1.82) is 0 Å². The minimum absolute atomic E-state index is 0.0492. The van der Waals surface area contributed by atoms with Gasteiger partial charge < -0.3 is 15.0 Å². The molecule has 1 aliphatic rings. The lowest BCUT2D eigenvalue weighted by atomic mass is 9.98. The molecule has 6 nitrogen and oxygen atoms in total. The molecule has 0 spiro atoms. The second-order valence-electron chi connectivity index (χ2n) is 8.57. The lowest BCUT2D eigenvalue weighted by molar-refractivity contribution is -0.134. The van der Waals surface area contributed by atoms with Crippen molar-refractivity contribution in [1.82, 2.24) is 15.1 Å². The highest BCUT2D eigenvalue weighted by atomic mass is 16.5. The molecule has 176 valence electrons. The molecule has 4 rings (SSSR count). The van der Waals surface area contributed by atoms with Crippen LogP contribution in [0.3, 0.4) is 0 Å². The Hall–Kier alpha value is -3.64. The Balaban J connectivity index is 1.56. The number of nitrogens with one attached hydrogen (secondary N) is 1. The minimum Gasteiger partial charge on any atom is -0.496 e. The molecular weight excluding hydrogens is 426 g/mol. The van der Waals surface area contributed by atoms with Crippen LogP contribution in [0.25, 0.3) is 11.1 Å². The van der Waals surface area contributed by atoms with Crippen LogP contribution in [0.2, 0.25) is 0 Å². The van der Waals surface area contributed by atoms with Gasteiger partial charge in [-0.1, -0.05) is 48.5 Å². The van der Waals surface area contributed by atoms with Gasteiger partial charge in [-0.05, 0) is 41.0 Å². The number of piperazine rings is 1. The van der Waals surface area contributed by atoms with Crippen LogP contribution < -0.4 is 10.1 Å². The Morgan fingerprint density at radius 1 is 1.00 bits per heavy atom. The average molecular weight is 458 g/mol. The van der Waals surface area contributed by atoms with Gasteiger partial charge in [-0.2, -0.15) is 0 Å². The van der Waals surface area contributed by atoms with Crippen LogP contribution in [0.1, 0.15) is 34.5 Å². The summed E-state index contributed by atoms with van der Waals surface area (Å²) in [7, 11) is 3.31. The summed E-state index contributed by atoms with van der Waals surface area (Å²) in [6.07, 6.45) is 0. The normalized spacial score (nSPS) is 16.2. The van der Waals surface area contributed by atoms with Crippen molar-refractivity contribution in [3.63, 3.8) is 0 Å². The van der Waals surface area contributed by atoms with E-state index in [1.54, 1.807) is 27.1 Å². The van der Waals surface area contributed by atoms with Crippen molar-refractivity contribution in [2.75, 3.05) is 33.8 Å². The topological polar surface area (TPSA) is 61.9 Å². The van der Waals surface area contributed by atoms with Crippen molar-refractivity contribution in [2.45, 2.75) is 19.5 Å². The fraction of sp³-hybridized carbons (Fsp3) is 0.286. The van der Waals surface area contributed by atoms with Crippen LogP contribution >= 0.6 is 0 Å². The van der Waals surface area contributed by atoms with E-state index < -0.39 is 0 Å². The largest absolute Gasteiger partial charge is 0.496 e. The van der Waals surface area contributed by atoms with Gasteiger partial charge in [0.15, 0.2) is 0 Å². The van der Waals surface area contributed by atoms with Gasteiger partial charge in [0.05, 0.1) is 13.2 Å². The zero-order valence-corrected chi connectivity index (χ0v) is 20.0. The first kappa shape index (κ1) is 23.5. The summed E-state index contributed by atoms with van der Waals surface area (Å²) >= 11 is 0. The number of carbonyl (C=O) groups excluding carboxylic acids is 2. The van der Waals surface area contributed by atoms with E-state index in [4.69, 9.17) is 4.74 Å². The Kier molecular flexibility index (Phi) is 7.28. The standard InChI is InChI=1S/C28H31N3O3/c1-20(32)31-15-14-30(19-26(31)23-10-7-11-24(17-23)28(33)29-2)18-21-8-6-9-22(16-21)25-12-4-5-13-27(25)34-3/h4-13,16-17,26H,14-15,18-19H2,1-3H3,(H,29,33). The number of benzene rings is 3. The number of carbonyl (C=O) groups is 2. The SMILES string of the molecule is CNC(=O)c1cccc(C2CN(Cc3cccc(-c4ccccc4OC)c3)CCN2C(C)=O)c1. The summed E-state index contributed by atoms with van der Waals surface area (Å²) in [6.45, 7) is 4.54. The maximum absolute atomic E-state index is 12.4. The number of rotatable bonds is 6. The lowest BCUT2D eigenvalue weighted by Crippen LogP contribution is -2.49. The first-order valence-corrected chi connectivity index (χ1v) is 11.5. The highest BCUT2D eigenvalue weighted by Gasteiger charge is 2.30. The highest BCUT2D eigenvalue weighted by Crippen LogP contribution is 2.31. The molecule has 0 aliphatic carbocycles. The summed E-state index contributed by atoms with van der Waals surface area (Å²) in [5, 5.41) is 2.67. The molecule has 2 amide bonds. The first-order valence-electron chi connectivity index (χ1n) is 11.5. The van der Waals surface area contributed by atoms with Gasteiger partial charge in [-0.25, -0.2) is 0 Å². The van der Waals surface area contributed by atoms with Crippen molar-refractivity contribution in [3.8, 4) is 16.9 Å². The summed E-state index contributed by atoms with van der Waals surface area (Å²) in [6, 6.07) is 24.0. The molecular formula is C28H31N3O3. The van der Waals surface area contributed by atoms with E-state index in [1.165, 1.54) is 5.56 Å². The summed E-state index contributed by atoms with van der Waals surface area (Å²) in [4.78, 5) is 28.8. The number of ether oxygens (including phenoxy) is 1. The van der Waals surface area contributed by atoms with E-state index in [2.05, 4.69) is 40.5 Å². The number of nitrogens with zero attached hydrogens (tertiary/aromatic N) is 2. The summed E-state index contributed by atoms with van der Waals surface area (Å²) in [5.74, 6) is 0.774. The summed E-state index contributed by atoms with van der Waals surface area (Å²) < 4.78 is 5.55. The van der Waals surface area contributed by atoms with E-state index in [9.17, 15) is 9.59 Å². The van der Waals surface area contributed by atoms with Crippen LogP contribution in [0.4, 0.5) is 0 Å². The molecule has 1 saturated heterocycles. The maximum Gasteiger partial charge on any atom is 0.251 e. The number of amides is 2. The number of para-hydroxylation sites is 1. The third kappa shape index (κ3) is 5.13. The zero-order valence-electron chi connectivity index (χ0n) is 20.0. The molecule has 1 atom stereocenters. The molecule has 0 bridgehead atoms. The summed E-state index contributed by atoms with van der Waals surface area (Å²) in [5.41, 5.74) is 4.97. The average Bonchev–Trinajstić information content (AvgIpc) is 2.88. The van der Waals surface area contributed by atoms with E-state index in [-0.39, 0.29) is 17.9 Å². The fourth-order valence-corrected chi connectivity index (χ4v) is 4.66. The predicted octanol–water partition coefficient (Wildman–Crippen LogP) is 4.13. The monoisotopic (exact) mass is 457 g/mol. The van der Waals surface area contributed by atoms with Crippen LogP contribution in [0.15, 0.2) is 72.8 Å². The van der Waals surface area contributed by atoms with Crippen LogP contribution in [0.5, 0.6) is 5.75 Å². The molecule has 1 N–H and O–H groups in total. The molecule has 6 heteroatoms. The number of hydrogen-bond acceptors (Lipinski definition) is 4. The Labute approximate surface area is 201 Å². The van der Waals surface area contributed by atoms with Gasteiger partial charge in [0.1, 0.15) is 5.75 Å². The van der Waals surface area contributed by atoms with Gasteiger partial charge in [-0.15, -0.1) is 0 Å². The molecule has 0 aromatic heterocycles. The second kappa shape index (κ2) is 10.5. The van der Waals surface area contributed by atoms with Gasteiger partial charge >= 0.3 is 0 Å². The molecule has 1 aliphatic heterocycles. The van der Waals surface area contributed by atoms with E-state index in [0.717, 1.165) is 35.5 Å². The van der Waals surface area contributed by atoms with Gasteiger partial charge in [0.2, 0.25) is 5.91 Å². The van der Waals surface area contributed by atoms with Crippen molar-refractivity contribution >= 4 is 11.8 Å². The van der Waals surface area contributed by atoms with Crippen molar-refractivity contribution < 1.29 is 14.3 Å². The lowest BCUT2D eigenvalue weighted by Gasteiger charge is -2.41. The molecule has 3 aromatic carbocycles. The van der Waals surface area contributed by atoms with Crippen molar-refractivity contribution in [3.05, 3.63) is 89.5 Å². The molecule has 0 saturated carbocycles. The Bertz CT molecular complexity index is 1180. The van der Waals surface area contributed by atoms with Gasteiger partial charge in [0.25, 0.3) is 5.91 Å². The van der Waals surface area contributed by atoms with Gasteiger partial charge in [0, 0.05) is 51.3 Å². The van der Waals surface area contributed by atoms with Gasteiger partial charge in [-0.3, -0.25) is 14.5 Å². The maximum atomic E-state index is 12.4. The minimum atomic E-state index is -0.128. The Morgan fingerprint density at radius 2 is 1.79 bits per heavy atom. The van der Waals surface area contributed by atoms with Crippen LogP contribution in [-0.2, 0) is 11.3 Å². The molecule has 1 unspecified atom stereocenters. The smallest absolute Gasteiger partial charge is 0.251 e. The van der Waals surface area contributed by atoms with Crippen LogP contribution in [0, 0.1) is 0 Å². The second-order valence-corrected chi connectivity index (χ2v) is 8.57. The number of hydrogen-bond donors (Lipinski definition) is 1. The third-order valence-corrected chi connectivity index (χ3v) is 6.38. The fourth-order valence-electron chi connectivity index (χ4n) is 4.66. The molecule has 3 aromatic rings. The molecule has 1 heterocycles. The quantitative estimate of drug-likeness (QED) is 0.605. The van der Waals surface area contributed by atoms with E-state index >= 15 is 0 Å².